The lowest BCUT2D eigenvalue weighted by Gasteiger charge is -2.66. The van der Waals surface area contributed by atoms with Gasteiger partial charge in [0.2, 0.25) is 0 Å². The first-order chi connectivity index (χ1) is 16.3. The van der Waals surface area contributed by atoms with E-state index in [1.165, 1.54) is 42.0 Å². The zero-order valence-corrected chi connectivity index (χ0v) is 22.2. The van der Waals surface area contributed by atoms with Crippen molar-refractivity contribution in [2.75, 3.05) is 13.1 Å². The fraction of sp³-hybridized carbons (Fsp3) is 0.567. The Morgan fingerprint density at radius 3 is 2.18 bits per heavy atom. The number of thioether (sulfide) groups is 1. The van der Waals surface area contributed by atoms with Crippen molar-refractivity contribution in [1.82, 2.24) is 4.90 Å². The van der Waals surface area contributed by atoms with Gasteiger partial charge in [-0.3, -0.25) is 0 Å². The van der Waals surface area contributed by atoms with Crippen molar-refractivity contribution in [2.24, 2.45) is 28.4 Å². The molecular formula is C30H38N2S2. The van der Waals surface area contributed by atoms with Crippen LogP contribution in [0.15, 0.2) is 65.6 Å². The second-order valence-corrected chi connectivity index (χ2v) is 14.1. The van der Waals surface area contributed by atoms with E-state index in [9.17, 15) is 0 Å². The number of piperidine rings is 1. The van der Waals surface area contributed by atoms with E-state index in [1.54, 1.807) is 5.56 Å². The first-order valence-electron chi connectivity index (χ1n) is 13.1. The molecule has 2 aromatic carbocycles. The third-order valence-corrected chi connectivity index (χ3v) is 11.9. The van der Waals surface area contributed by atoms with E-state index in [4.69, 9.17) is 18.0 Å². The van der Waals surface area contributed by atoms with Crippen molar-refractivity contribution in [3.63, 3.8) is 0 Å². The van der Waals surface area contributed by atoms with Crippen LogP contribution in [0.2, 0.25) is 0 Å². The Balaban J connectivity index is 1.34. The summed E-state index contributed by atoms with van der Waals surface area (Å²) in [4.78, 5) is 5.27. The highest BCUT2D eigenvalue weighted by atomic mass is 32.2. The quantitative estimate of drug-likeness (QED) is 0.484. The van der Waals surface area contributed by atoms with E-state index in [1.807, 2.05) is 0 Å². The Bertz CT molecular complexity index is 1030. The van der Waals surface area contributed by atoms with Gasteiger partial charge in [0.1, 0.15) is 0 Å². The maximum absolute atomic E-state index is 6.50. The van der Waals surface area contributed by atoms with Gasteiger partial charge in [0.25, 0.3) is 0 Å². The maximum Gasteiger partial charge on any atom is 0.0842 e. The summed E-state index contributed by atoms with van der Waals surface area (Å²) in [6.45, 7) is 6.68. The molecule has 1 aliphatic heterocycles. The second-order valence-electron chi connectivity index (χ2n) is 12.4. The lowest BCUT2D eigenvalue weighted by atomic mass is 9.42. The Morgan fingerprint density at radius 1 is 0.941 bits per heavy atom. The van der Waals surface area contributed by atoms with Crippen LogP contribution >= 0.6 is 24.0 Å². The summed E-state index contributed by atoms with van der Waals surface area (Å²) < 4.78 is 0. The van der Waals surface area contributed by atoms with Crippen LogP contribution in [0.4, 0.5) is 0 Å². The highest BCUT2D eigenvalue weighted by molar-refractivity contribution is 8.00. The lowest BCUT2D eigenvalue weighted by Crippen LogP contribution is -2.64. The second kappa shape index (κ2) is 8.35. The topological polar surface area (TPSA) is 29.3 Å². The number of hydrogen-bond donors (Lipinski definition) is 1. The molecule has 34 heavy (non-hydrogen) atoms. The fourth-order valence-electron chi connectivity index (χ4n) is 8.22. The molecule has 2 N–H and O–H groups in total. The molecule has 3 atom stereocenters. The number of nitrogens with two attached hydrogens (primary N) is 1. The van der Waals surface area contributed by atoms with Gasteiger partial charge in [0.15, 0.2) is 0 Å². The Hall–Kier alpha value is -1.36. The molecule has 0 radical (unpaired) electrons. The average molecular weight is 491 g/mol. The van der Waals surface area contributed by atoms with Gasteiger partial charge in [-0.15, -0.1) is 11.8 Å². The van der Waals surface area contributed by atoms with Gasteiger partial charge in [-0.05, 0) is 78.9 Å². The third-order valence-electron chi connectivity index (χ3n) is 9.67. The highest BCUT2D eigenvalue weighted by Crippen LogP contribution is 2.68. The van der Waals surface area contributed by atoms with E-state index in [-0.39, 0.29) is 22.3 Å². The van der Waals surface area contributed by atoms with E-state index >= 15 is 0 Å². The summed E-state index contributed by atoms with van der Waals surface area (Å²) in [5.74, 6) is 1.45. The summed E-state index contributed by atoms with van der Waals surface area (Å²) in [6, 6.07) is 22.8. The molecule has 5 fully saturated rings. The van der Waals surface area contributed by atoms with Crippen LogP contribution in [0.25, 0.3) is 0 Å². The number of rotatable bonds is 4. The van der Waals surface area contributed by atoms with Gasteiger partial charge in [0, 0.05) is 34.7 Å². The molecule has 4 heteroatoms. The van der Waals surface area contributed by atoms with Crippen LogP contribution in [0.3, 0.4) is 0 Å². The molecule has 2 aromatic rings. The predicted molar refractivity (Wildman–Crippen MR) is 147 cm³/mol. The molecule has 0 aromatic heterocycles. The minimum absolute atomic E-state index is 0.118. The summed E-state index contributed by atoms with van der Waals surface area (Å²) in [5.41, 5.74) is 8.62. The molecule has 0 spiro atoms. The van der Waals surface area contributed by atoms with Crippen molar-refractivity contribution in [3.8, 4) is 0 Å². The predicted octanol–water partition coefficient (Wildman–Crippen LogP) is 6.68. The third kappa shape index (κ3) is 3.76. The summed E-state index contributed by atoms with van der Waals surface area (Å²) in [7, 11) is 0. The number of nitrogens with zero attached hydrogens (tertiary/aromatic N) is 1. The van der Waals surface area contributed by atoms with Gasteiger partial charge in [0.05, 0.1) is 4.99 Å². The monoisotopic (exact) mass is 490 g/mol. The number of hydrogen-bond acceptors (Lipinski definition) is 3. The van der Waals surface area contributed by atoms with Crippen molar-refractivity contribution < 1.29 is 0 Å². The van der Waals surface area contributed by atoms with Crippen LogP contribution in [-0.2, 0) is 5.41 Å². The number of likely N-dealkylation sites (tertiary alicyclic amines) is 1. The first-order valence-corrected chi connectivity index (χ1v) is 14.4. The van der Waals surface area contributed by atoms with Gasteiger partial charge >= 0.3 is 0 Å². The standard InChI is InChI=1S/C30H38N2S2/c1-28(2)20-32(14-13-25(28)31)27(33)30-17-21-15-29(19-30,23-9-5-3-6-10-23)16-22(18-30)26(21)34-24-11-7-4-8-12-24/h3-12,21-22,25-26H,13-20,31H2,1-2H3/t21?,22?,25-,26?,29?,30?/m0/s1. The van der Waals surface area contributed by atoms with E-state index < -0.39 is 0 Å². The molecule has 2 unspecified atom stereocenters. The van der Waals surface area contributed by atoms with E-state index in [0.29, 0.717) is 5.25 Å². The summed E-state index contributed by atoms with van der Waals surface area (Å²) in [5, 5.41) is 0.710. The minimum atomic E-state index is 0.118. The molecular weight excluding hydrogens is 452 g/mol. The van der Waals surface area contributed by atoms with E-state index in [0.717, 1.165) is 31.3 Å². The molecule has 1 saturated heterocycles. The molecule has 4 bridgehead atoms. The first kappa shape index (κ1) is 23.1. The van der Waals surface area contributed by atoms with Crippen molar-refractivity contribution in [3.05, 3.63) is 66.2 Å². The van der Waals surface area contributed by atoms with Crippen molar-refractivity contribution in [2.45, 2.75) is 74.0 Å². The smallest absolute Gasteiger partial charge is 0.0842 e. The number of benzene rings is 2. The molecule has 5 aliphatic rings. The highest BCUT2D eigenvalue weighted by Gasteiger charge is 2.63. The molecule has 180 valence electrons. The normalized spacial score (nSPS) is 38.1. The van der Waals surface area contributed by atoms with Gasteiger partial charge in [-0.2, -0.15) is 0 Å². The molecule has 4 aliphatic carbocycles. The Labute approximate surface area is 215 Å². The molecule has 7 rings (SSSR count). The molecule has 4 saturated carbocycles. The van der Waals surface area contributed by atoms with Crippen molar-refractivity contribution >= 4 is 29.0 Å². The van der Waals surface area contributed by atoms with Gasteiger partial charge < -0.3 is 10.6 Å². The van der Waals surface area contributed by atoms with Gasteiger partial charge in [-0.1, -0.05) is 74.6 Å². The minimum Gasteiger partial charge on any atom is -0.365 e. The zero-order valence-electron chi connectivity index (χ0n) is 20.6. The summed E-state index contributed by atoms with van der Waals surface area (Å²) in [6.07, 6.45) is 7.46. The summed E-state index contributed by atoms with van der Waals surface area (Å²) >= 11 is 8.60. The average Bonchev–Trinajstić information content (AvgIpc) is 2.83. The lowest BCUT2D eigenvalue weighted by molar-refractivity contribution is -0.0351. The molecule has 2 nitrogen and oxygen atoms in total. The van der Waals surface area contributed by atoms with Crippen LogP contribution in [-0.4, -0.2) is 34.3 Å². The van der Waals surface area contributed by atoms with Crippen LogP contribution in [0.5, 0.6) is 0 Å². The largest absolute Gasteiger partial charge is 0.365 e. The van der Waals surface area contributed by atoms with E-state index in [2.05, 4.69) is 91.2 Å². The fourth-order valence-corrected chi connectivity index (χ4v) is 10.0. The maximum atomic E-state index is 6.50. The number of thiocarbonyl (C=S) groups is 1. The molecule has 1 heterocycles. The van der Waals surface area contributed by atoms with Crippen LogP contribution in [0, 0.1) is 22.7 Å². The SMILES string of the molecule is CC1(C)CN(C(=S)C23CC4CC(c5ccccc5)(CC(C2)C4Sc2ccccc2)C3)CC[C@@H]1N. The van der Waals surface area contributed by atoms with Crippen LogP contribution < -0.4 is 5.73 Å². The van der Waals surface area contributed by atoms with Crippen LogP contribution in [0.1, 0.15) is 57.9 Å². The van der Waals surface area contributed by atoms with Gasteiger partial charge in [-0.25, -0.2) is 0 Å². The van der Waals surface area contributed by atoms with Crippen molar-refractivity contribution in [1.29, 1.82) is 0 Å². The Morgan fingerprint density at radius 2 is 1.56 bits per heavy atom. The zero-order chi connectivity index (χ0) is 23.6. The molecule has 0 amide bonds. The Kier molecular flexibility index (Phi) is 5.66.